The smallest absolute Gasteiger partial charge is 0.279 e. The third kappa shape index (κ3) is 2.57. The van der Waals surface area contributed by atoms with E-state index in [1.165, 1.54) is 41.8 Å². The van der Waals surface area contributed by atoms with E-state index in [-0.39, 0.29) is 5.91 Å². The average molecular weight is 274 g/mol. The van der Waals surface area contributed by atoms with Crippen molar-refractivity contribution < 1.29 is 9.69 Å². The van der Waals surface area contributed by atoms with E-state index in [1.54, 1.807) is 0 Å². The fourth-order valence-corrected chi connectivity index (χ4v) is 3.40. The molecule has 1 heterocycles. The van der Waals surface area contributed by atoms with E-state index in [9.17, 15) is 4.79 Å². The zero-order valence-electron chi connectivity index (χ0n) is 12.5. The highest BCUT2D eigenvalue weighted by Crippen LogP contribution is 2.35. The van der Waals surface area contributed by atoms with E-state index in [4.69, 9.17) is 4.98 Å². The van der Waals surface area contributed by atoms with Crippen LogP contribution in [0.5, 0.6) is 0 Å². The van der Waals surface area contributed by atoms with Gasteiger partial charge >= 0.3 is 0 Å². The lowest BCUT2D eigenvalue weighted by atomic mass is 9.92. The molecule has 0 bridgehead atoms. The normalized spacial score (nSPS) is 16.9. The predicted molar refractivity (Wildman–Crippen MR) is 79.2 cm³/mol. The number of nitrogens with one attached hydrogen (secondary N) is 2. The third-order valence-electron chi connectivity index (χ3n) is 4.28. The minimum Gasteiger partial charge on any atom is -0.332 e. The minimum absolute atomic E-state index is 0.123. The van der Waals surface area contributed by atoms with Crippen molar-refractivity contribution in [2.45, 2.75) is 44.9 Å². The van der Waals surface area contributed by atoms with Crippen molar-refractivity contribution in [1.29, 1.82) is 0 Å². The number of hydrogen-bond donors (Lipinski definition) is 2. The second-order valence-electron chi connectivity index (χ2n) is 6.33. The van der Waals surface area contributed by atoms with E-state index >= 15 is 0 Å². The van der Waals surface area contributed by atoms with Gasteiger partial charge in [0.25, 0.3) is 5.91 Å². The van der Waals surface area contributed by atoms with Gasteiger partial charge in [-0.1, -0.05) is 0 Å². The first-order valence-corrected chi connectivity index (χ1v) is 7.77. The summed E-state index contributed by atoms with van der Waals surface area (Å²) in [5.74, 6) is 0.123. The molecule has 0 fully saturated rings. The third-order valence-corrected chi connectivity index (χ3v) is 4.28. The number of fused-ring (bicyclic) bond motifs is 2. The molecule has 4 nitrogen and oxygen atoms in total. The Bertz CT molecular complexity index is 537. The molecule has 4 heteroatoms. The predicted octanol–water partition coefficient (Wildman–Crippen LogP) is 0.532. The van der Waals surface area contributed by atoms with Gasteiger partial charge in [-0.2, -0.15) is 0 Å². The molecule has 0 atom stereocenters. The quantitative estimate of drug-likeness (QED) is 0.845. The fraction of sp³-hybridized carbons (Fsp3) is 0.625. The SMILES string of the molecule is C[NH+](C)CC(=O)Nc1c2c(nc3c1CCC3)CCCC2. The molecule has 20 heavy (non-hydrogen) atoms. The highest BCUT2D eigenvalue weighted by molar-refractivity contribution is 5.93. The molecule has 2 aliphatic carbocycles. The Morgan fingerprint density at radius 2 is 1.65 bits per heavy atom. The zero-order valence-corrected chi connectivity index (χ0v) is 12.5. The molecule has 0 saturated heterocycles. The van der Waals surface area contributed by atoms with Crippen LogP contribution in [0.3, 0.4) is 0 Å². The molecule has 1 aromatic rings. The number of likely N-dealkylation sites (N-methyl/N-ethyl adjacent to an activating group) is 1. The number of quaternary nitrogens is 1. The average Bonchev–Trinajstić information content (AvgIpc) is 2.85. The second-order valence-corrected chi connectivity index (χ2v) is 6.33. The van der Waals surface area contributed by atoms with Crippen LogP contribution in [-0.4, -0.2) is 31.5 Å². The van der Waals surface area contributed by atoms with E-state index in [0.29, 0.717) is 6.54 Å². The molecule has 1 amide bonds. The van der Waals surface area contributed by atoms with E-state index in [0.717, 1.165) is 36.3 Å². The molecule has 0 spiro atoms. The number of rotatable bonds is 3. The molecule has 2 N–H and O–H groups in total. The van der Waals surface area contributed by atoms with Crippen molar-refractivity contribution in [2.75, 3.05) is 26.0 Å². The Kier molecular flexibility index (Phi) is 3.74. The van der Waals surface area contributed by atoms with Gasteiger partial charge in [-0.3, -0.25) is 9.78 Å². The number of carbonyl (C=O) groups excluding carboxylic acids is 1. The summed E-state index contributed by atoms with van der Waals surface area (Å²) in [6.07, 6.45) is 7.91. The summed E-state index contributed by atoms with van der Waals surface area (Å²) in [6, 6.07) is 0. The number of pyridine rings is 1. The van der Waals surface area contributed by atoms with Crippen molar-refractivity contribution in [3.05, 3.63) is 22.5 Å². The lowest BCUT2D eigenvalue weighted by molar-refractivity contribution is -0.849. The summed E-state index contributed by atoms with van der Waals surface area (Å²) in [6.45, 7) is 0.520. The topological polar surface area (TPSA) is 46.4 Å². The Hall–Kier alpha value is -1.42. The molecule has 108 valence electrons. The van der Waals surface area contributed by atoms with E-state index in [1.807, 2.05) is 14.1 Å². The Balaban J connectivity index is 1.95. The van der Waals surface area contributed by atoms with Crippen LogP contribution >= 0.6 is 0 Å². The number of hydrogen-bond acceptors (Lipinski definition) is 2. The molecular weight excluding hydrogens is 250 g/mol. The molecular formula is C16H24N3O+. The van der Waals surface area contributed by atoms with Crippen LogP contribution in [0.4, 0.5) is 5.69 Å². The molecule has 1 aromatic heterocycles. The summed E-state index contributed by atoms with van der Waals surface area (Å²) in [5, 5.41) is 3.20. The minimum atomic E-state index is 0.123. The van der Waals surface area contributed by atoms with Crippen LogP contribution in [0, 0.1) is 0 Å². The van der Waals surface area contributed by atoms with Crippen molar-refractivity contribution in [3.8, 4) is 0 Å². The molecule has 0 aromatic carbocycles. The molecule has 0 aliphatic heterocycles. The van der Waals surface area contributed by atoms with Gasteiger partial charge in [-0.25, -0.2) is 0 Å². The second kappa shape index (κ2) is 5.52. The summed E-state index contributed by atoms with van der Waals surface area (Å²) < 4.78 is 0. The van der Waals surface area contributed by atoms with Gasteiger partial charge in [0.15, 0.2) is 6.54 Å². The standard InChI is InChI=1S/C16H23N3O/c1-19(2)10-15(20)18-16-11-6-3-4-8-13(11)17-14-9-5-7-12(14)16/h3-10H2,1-2H3,(H,17,18,20)/p+1. The number of aryl methyl sites for hydroxylation is 2. The maximum atomic E-state index is 12.2. The number of aromatic nitrogens is 1. The highest BCUT2D eigenvalue weighted by atomic mass is 16.2. The largest absolute Gasteiger partial charge is 0.332 e. The first kappa shape index (κ1) is 13.6. The Morgan fingerprint density at radius 1 is 1.05 bits per heavy atom. The molecule has 0 radical (unpaired) electrons. The van der Waals surface area contributed by atoms with Crippen LogP contribution in [0.15, 0.2) is 0 Å². The van der Waals surface area contributed by atoms with Crippen molar-refractivity contribution >= 4 is 11.6 Å². The van der Waals surface area contributed by atoms with Crippen LogP contribution in [0.2, 0.25) is 0 Å². The molecule has 0 saturated carbocycles. The van der Waals surface area contributed by atoms with Crippen LogP contribution in [0.1, 0.15) is 41.8 Å². The van der Waals surface area contributed by atoms with Gasteiger partial charge in [0, 0.05) is 11.4 Å². The van der Waals surface area contributed by atoms with Crippen LogP contribution in [-0.2, 0) is 30.5 Å². The van der Waals surface area contributed by atoms with Crippen molar-refractivity contribution in [1.82, 2.24) is 4.98 Å². The van der Waals surface area contributed by atoms with Gasteiger partial charge < -0.3 is 10.2 Å². The fourth-order valence-electron chi connectivity index (χ4n) is 3.40. The van der Waals surface area contributed by atoms with Gasteiger partial charge in [-0.05, 0) is 56.1 Å². The first-order chi connectivity index (χ1) is 9.65. The Morgan fingerprint density at radius 3 is 2.35 bits per heavy atom. The maximum absolute atomic E-state index is 12.2. The molecule has 0 unspecified atom stereocenters. The lowest BCUT2D eigenvalue weighted by Gasteiger charge is -2.22. The Labute approximate surface area is 120 Å². The van der Waals surface area contributed by atoms with E-state index < -0.39 is 0 Å². The van der Waals surface area contributed by atoms with Crippen molar-refractivity contribution in [3.63, 3.8) is 0 Å². The molecule has 3 rings (SSSR count). The van der Waals surface area contributed by atoms with Gasteiger partial charge in [0.2, 0.25) is 0 Å². The van der Waals surface area contributed by atoms with Crippen molar-refractivity contribution in [2.24, 2.45) is 0 Å². The molecule has 2 aliphatic rings. The number of nitrogens with zero attached hydrogens (tertiary/aromatic N) is 1. The summed E-state index contributed by atoms with van der Waals surface area (Å²) in [5.41, 5.74) is 6.22. The van der Waals surface area contributed by atoms with Gasteiger partial charge in [-0.15, -0.1) is 0 Å². The summed E-state index contributed by atoms with van der Waals surface area (Å²) >= 11 is 0. The monoisotopic (exact) mass is 274 g/mol. The number of amides is 1. The summed E-state index contributed by atoms with van der Waals surface area (Å²) in [4.78, 5) is 18.2. The first-order valence-electron chi connectivity index (χ1n) is 7.77. The lowest BCUT2D eigenvalue weighted by Crippen LogP contribution is -3.06. The van der Waals surface area contributed by atoms with Gasteiger partial charge in [0.05, 0.1) is 19.8 Å². The highest BCUT2D eigenvalue weighted by Gasteiger charge is 2.25. The number of carbonyl (C=O) groups is 1. The van der Waals surface area contributed by atoms with Gasteiger partial charge in [0.1, 0.15) is 0 Å². The van der Waals surface area contributed by atoms with Crippen LogP contribution in [0.25, 0.3) is 0 Å². The maximum Gasteiger partial charge on any atom is 0.279 e. The van der Waals surface area contributed by atoms with Crippen LogP contribution < -0.4 is 10.2 Å². The van der Waals surface area contributed by atoms with E-state index in [2.05, 4.69) is 5.32 Å². The summed E-state index contributed by atoms with van der Waals surface area (Å²) in [7, 11) is 4.01. The zero-order chi connectivity index (χ0) is 14.1. The number of anilines is 1.